The van der Waals surface area contributed by atoms with Gasteiger partial charge < -0.3 is 5.73 Å². The molecule has 4 heteroatoms. The quantitative estimate of drug-likeness (QED) is 0.753. The summed E-state index contributed by atoms with van der Waals surface area (Å²) in [6.45, 7) is 1.94. The zero-order chi connectivity index (χ0) is 14.8. The van der Waals surface area contributed by atoms with Gasteiger partial charge in [-0.15, -0.1) is 0 Å². The van der Waals surface area contributed by atoms with Crippen molar-refractivity contribution in [2.45, 2.75) is 17.6 Å². The van der Waals surface area contributed by atoms with Crippen LogP contribution >= 0.6 is 0 Å². The van der Waals surface area contributed by atoms with Gasteiger partial charge >= 0.3 is 0 Å². The van der Waals surface area contributed by atoms with Crippen molar-refractivity contribution in [2.75, 3.05) is 5.73 Å². The molecule has 1 unspecified atom stereocenters. The molecule has 3 rings (SSSR count). The lowest BCUT2D eigenvalue weighted by molar-refractivity contribution is 0.682. The number of rotatable bonds is 3. The predicted octanol–water partition coefficient (Wildman–Crippen LogP) is 3.43. The highest BCUT2D eigenvalue weighted by molar-refractivity contribution is 7.84. The van der Waals surface area contributed by atoms with E-state index >= 15 is 0 Å². The number of benzene rings is 2. The molecular weight excluding hydrogens is 280 g/mol. The van der Waals surface area contributed by atoms with Crippen LogP contribution < -0.4 is 5.73 Å². The molecule has 1 aromatic heterocycles. The van der Waals surface area contributed by atoms with Crippen molar-refractivity contribution in [3.05, 3.63) is 65.9 Å². The summed E-state index contributed by atoms with van der Waals surface area (Å²) in [4.78, 5) is 5.14. The fraction of sp³-hybridized carbons (Fsp3) is 0.118. The van der Waals surface area contributed by atoms with E-state index in [-0.39, 0.29) is 0 Å². The Balaban J connectivity index is 1.89. The molecule has 0 spiro atoms. The van der Waals surface area contributed by atoms with Crippen LogP contribution in [0.3, 0.4) is 0 Å². The molecule has 0 aliphatic carbocycles. The van der Waals surface area contributed by atoms with E-state index in [1.807, 2.05) is 49.4 Å². The topological polar surface area (TPSA) is 56.0 Å². The van der Waals surface area contributed by atoms with Gasteiger partial charge in [0.25, 0.3) is 0 Å². The number of nitrogen functional groups attached to an aromatic ring is 1. The smallest absolute Gasteiger partial charge is 0.0702 e. The van der Waals surface area contributed by atoms with E-state index in [0.29, 0.717) is 11.4 Å². The highest BCUT2D eigenvalue weighted by Crippen LogP contribution is 2.21. The normalized spacial score (nSPS) is 12.4. The maximum Gasteiger partial charge on any atom is 0.0702 e. The molecule has 106 valence electrons. The average Bonchev–Trinajstić information content (AvgIpc) is 2.47. The lowest BCUT2D eigenvalue weighted by Crippen LogP contribution is -2.00. The molecule has 2 N–H and O–H groups in total. The van der Waals surface area contributed by atoms with E-state index in [0.717, 1.165) is 26.9 Å². The summed E-state index contributed by atoms with van der Waals surface area (Å²) < 4.78 is 12.5. The molecule has 0 amide bonds. The van der Waals surface area contributed by atoms with Gasteiger partial charge in [-0.05, 0) is 54.4 Å². The number of aryl methyl sites for hydroxylation is 1. The average molecular weight is 296 g/mol. The molecule has 0 saturated carbocycles. The summed E-state index contributed by atoms with van der Waals surface area (Å²) in [6, 6.07) is 15.4. The first-order valence-corrected chi connectivity index (χ1v) is 8.03. The summed E-state index contributed by atoms with van der Waals surface area (Å²) in [6.07, 6.45) is 1.78. The first-order chi connectivity index (χ1) is 10.1. The second kappa shape index (κ2) is 5.66. The van der Waals surface area contributed by atoms with Gasteiger partial charge in [-0.2, -0.15) is 0 Å². The van der Waals surface area contributed by atoms with E-state index in [9.17, 15) is 4.21 Å². The van der Waals surface area contributed by atoms with E-state index in [4.69, 9.17) is 5.73 Å². The van der Waals surface area contributed by atoms with Crippen LogP contribution in [0, 0.1) is 6.92 Å². The fourth-order valence-corrected chi connectivity index (χ4v) is 3.65. The first-order valence-electron chi connectivity index (χ1n) is 6.71. The molecule has 21 heavy (non-hydrogen) atoms. The molecule has 0 aliphatic rings. The van der Waals surface area contributed by atoms with Gasteiger partial charge in [0.15, 0.2) is 0 Å². The molecule has 2 aromatic carbocycles. The number of nitrogens with zero attached hydrogens (tertiary/aromatic N) is 1. The lowest BCUT2D eigenvalue weighted by atomic mass is 10.1. The molecule has 0 aliphatic heterocycles. The van der Waals surface area contributed by atoms with Crippen LogP contribution in [0.5, 0.6) is 0 Å². The Labute approximate surface area is 126 Å². The Morgan fingerprint density at radius 3 is 2.81 bits per heavy atom. The second-order valence-electron chi connectivity index (χ2n) is 5.05. The Morgan fingerprint density at radius 1 is 1.14 bits per heavy atom. The molecule has 1 atom stereocenters. The predicted molar refractivity (Wildman–Crippen MR) is 87.4 cm³/mol. The van der Waals surface area contributed by atoms with Crippen LogP contribution in [0.25, 0.3) is 10.9 Å². The number of nitrogens with two attached hydrogens (primary N) is 1. The lowest BCUT2D eigenvalue weighted by Gasteiger charge is -2.08. The number of hydrogen-bond donors (Lipinski definition) is 1. The van der Waals surface area contributed by atoms with Gasteiger partial charge in [-0.3, -0.25) is 9.19 Å². The molecule has 0 bridgehead atoms. The second-order valence-corrected chi connectivity index (χ2v) is 6.46. The van der Waals surface area contributed by atoms with Gasteiger partial charge in [-0.1, -0.05) is 12.1 Å². The molecule has 0 fully saturated rings. The fourth-order valence-electron chi connectivity index (χ4n) is 2.37. The molecule has 3 aromatic rings. The number of fused-ring (bicyclic) bond motifs is 1. The van der Waals surface area contributed by atoms with Gasteiger partial charge in [0, 0.05) is 22.2 Å². The maximum atomic E-state index is 12.5. The largest absolute Gasteiger partial charge is 0.399 e. The summed E-state index contributed by atoms with van der Waals surface area (Å²) in [5.74, 6) is 0.496. The van der Waals surface area contributed by atoms with Crippen molar-refractivity contribution in [1.82, 2.24) is 4.98 Å². The van der Waals surface area contributed by atoms with Gasteiger partial charge in [0.05, 0.1) is 22.1 Å². The van der Waals surface area contributed by atoms with Gasteiger partial charge in [0.1, 0.15) is 0 Å². The van der Waals surface area contributed by atoms with Crippen LogP contribution in [0.2, 0.25) is 0 Å². The Kier molecular flexibility index (Phi) is 3.71. The van der Waals surface area contributed by atoms with E-state index in [2.05, 4.69) is 4.98 Å². The number of pyridine rings is 1. The molecule has 0 radical (unpaired) electrons. The highest BCUT2D eigenvalue weighted by atomic mass is 32.2. The third kappa shape index (κ3) is 2.95. The number of hydrogen-bond acceptors (Lipinski definition) is 3. The van der Waals surface area contributed by atoms with Gasteiger partial charge in [0.2, 0.25) is 0 Å². The minimum atomic E-state index is -1.07. The maximum absolute atomic E-state index is 12.5. The summed E-state index contributed by atoms with van der Waals surface area (Å²) in [7, 11) is -1.07. The highest BCUT2D eigenvalue weighted by Gasteiger charge is 2.09. The number of anilines is 1. The summed E-state index contributed by atoms with van der Waals surface area (Å²) in [5.41, 5.74) is 9.40. The molecule has 1 heterocycles. The Morgan fingerprint density at radius 2 is 2.00 bits per heavy atom. The van der Waals surface area contributed by atoms with Crippen molar-refractivity contribution in [2.24, 2.45) is 0 Å². The Hall–Kier alpha value is -2.20. The molecule has 3 nitrogen and oxygen atoms in total. The van der Waals surface area contributed by atoms with Crippen LogP contribution in [0.15, 0.2) is 59.6 Å². The zero-order valence-corrected chi connectivity index (χ0v) is 12.6. The Bertz CT molecular complexity index is 830. The van der Waals surface area contributed by atoms with Crippen molar-refractivity contribution in [3.63, 3.8) is 0 Å². The van der Waals surface area contributed by atoms with Crippen LogP contribution in [-0.2, 0) is 16.6 Å². The van der Waals surface area contributed by atoms with E-state index in [1.54, 1.807) is 12.3 Å². The van der Waals surface area contributed by atoms with Crippen LogP contribution in [0.4, 0.5) is 5.69 Å². The summed E-state index contributed by atoms with van der Waals surface area (Å²) >= 11 is 0. The third-order valence-corrected chi connectivity index (χ3v) is 4.95. The first kappa shape index (κ1) is 13.8. The van der Waals surface area contributed by atoms with Crippen molar-refractivity contribution in [3.8, 4) is 0 Å². The molecule has 0 saturated heterocycles. The van der Waals surface area contributed by atoms with Crippen molar-refractivity contribution in [1.29, 1.82) is 0 Å². The summed E-state index contributed by atoms with van der Waals surface area (Å²) in [5, 5.41) is 1.07. The number of aromatic nitrogens is 1. The molecular formula is C17H16N2OS. The SMILES string of the molecule is Cc1cc(N)ccc1S(=O)Cc1ccc2ncccc2c1. The minimum Gasteiger partial charge on any atom is -0.399 e. The van der Waals surface area contributed by atoms with E-state index < -0.39 is 10.8 Å². The van der Waals surface area contributed by atoms with E-state index in [1.165, 1.54) is 0 Å². The minimum absolute atomic E-state index is 0.496. The van der Waals surface area contributed by atoms with Crippen molar-refractivity contribution >= 4 is 27.4 Å². The van der Waals surface area contributed by atoms with Gasteiger partial charge in [-0.25, -0.2) is 0 Å². The standard InChI is InChI=1S/C17H16N2OS/c1-12-9-15(18)5-7-17(12)21(20)11-13-4-6-16-14(10-13)3-2-8-19-16/h2-10H,11,18H2,1H3. The zero-order valence-electron chi connectivity index (χ0n) is 11.7. The van der Waals surface area contributed by atoms with Crippen LogP contribution in [0.1, 0.15) is 11.1 Å². The van der Waals surface area contributed by atoms with Crippen molar-refractivity contribution < 1.29 is 4.21 Å². The van der Waals surface area contributed by atoms with Crippen LogP contribution in [-0.4, -0.2) is 9.19 Å². The monoisotopic (exact) mass is 296 g/mol. The third-order valence-electron chi connectivity index (χ3n) is 3.41.